The highest BCUT2D eigenvalue weighted by molar-refractivity contribution is 8.76. The first kappa shape index (κ1) is 15.6. The zero-order valence-corrected chi connectivity index (χ0v) is 13.4. The van der Waals surface area contributed by atoms with Gasteiger partial charge >= 0.3 is 5.97 Å². The van der Waals surface area contributed by atoms with Crippen molar-refractivity contribution in [2.24, 2.45) is 0 Å². The van der Waals surface area contributed by atoms with Crippen molar-refractivity contribution >= 4 is 51.1 Å². The van der Waals surface area contributed by atoms with Crippen molar-refractivity contribution in [2.75, 3.05) is 17.8 Å². The van der Waals surface area contributed by atoms with Crippen LogP contribution in [0.4, 0.5) is 0 Å². The van der Waals surface area contributed by atoms with Crippen LogP contribution in [0.5, 0.6) is 0 Å². The van der Waals surface area contributed by atoms with Gasteiger partial charge in [0.25, 0.3) is 5.91 Å². The van der Waals surface area contributed by atoms with Crippen LogP contribution < -0.4 is 5.32 Å². The number of thioether (sulfide) groups is 1. The smallest absolute Gasteiger partial charge is 0.352 e. The van der Waals surface area contributed by atoms with E-state index in [0.29, 0.717) is 11.3 Å². The maximum absolute atomic E-state index is 12.1. The Balaban J connectivity index is 2.04. The lowest BCUT2D eigenvalue weighted by Crippen LogP contribution is -2.70. The Kier molecular flexibility index (Phi) is 4.92. The highest BCUT2D eigenvalue weighted by Gasteiger charge is 2.53. The van der Waals surface area contributed by atoms with Gasteiger partial charge in [-0.15, -0.1) is 11.8 Å². The van der Waals surface area contributed by atoms with E-state index in [0.717, 1.165) is 0 Å². The van der Waals surface area contributed by atoms with Gasteiger partial charge in [0.2, 0.25) is 5.91 Å². The SMILES string of the molecule is CSSCC(=O)NC1C(=O)N2C(C(=O)O)=C(C)CS[C@H]12. The predicted molar refractivity (Wildman–Crippen MR) is 81.3 cm³/mol. The number of carboxylic acids is 1. The van der Waals surface area contributed by atoms with Crippen molar-refractivity contribution in [3.63, 3.8) is 0 Å². The summed E-state index contributed by atoms with van der Waals surface area (Å²) in [5, 5.41) is 11.5. The second-order valence-electron chi connectivity index (χ2n) is 4.32. The highest BCUT2D eigenvalue weighted by Crippen LogP contribution is 2.40. The highest BCUT2D eigenvalue weighted by atomic mass is 33.1. The van der Waals surface area contributed by atoms with E-state index in [4.69, 9.17) is 0 Å². The van der Waals surface area contributed by atoms with Gasteiger partial charge in [-0.05, 0) is 18.8 Å². The zero-order valence-electron chi connectivity index (χ0n) is 10.9. The molecule has 0 spiro atoms. The van der Waals surface area contributed by atoms with Gasteiger partial charge in [-0.3, -0.25) is 14.5 Å². The number of amides is 2. The van der Waals surface area contributed by atoms with Crippen LogP contribution in [0.25, 0.3) is 0 Å². The number of β-lactam (4-membered cyclic amide) rings is 1. The number of aliphatic carboxylic acids is 1. The number of nitrogens with one attached hydrogen (secondary N) is 1. The summed E-state index contributed by atoms with van der Waals surface area (Å²) in [6, 6.07) is -0.614. The van der Waals surface area contributed by atoms with Crippen LogP contribution in [0.1, 0.15) is 6.92 Å². The molecule has 0 aromatic heterocycles. The number of nitrogens with zero attached hydrogens (tertiary/aromatic N) is 1. The summed E-state index contributed by atoms with van der Waals surface area (Å²) in [5.74, 6) is -0.804. The van der Waals surface area contributed by atoms with Gasteiger partial charge in [0, 0.05) is 5.75 Å². The summed E-state index contributed by atoms with van der Waals surface area (Å²) >= 11 is 1.48. The van der Waals surface area contributed by atoms with E-state index in [1.165, 1.54) is 38.2 Å². The fraction of sp³-hybridized carbons (Fsp3) is 0.545. The van der Waals surface area contributed by atoms with Crippen LogP contribution in [0.2, 0.25) is 0 Å². The Hall–Kier alpha value is -0.800. The van der Waals surface area contributed by atoms with E-state index in [1.54, 1.807) is 6.92 Å². The lowest BCUT2D eigenvalue weighted by Gasteiger charge is -2.49. The molecule has 0 aromatic carbocycles. The molecule has 6 nitrogen and oxygen atoms in total. The van der Waals surface area contributed by atoms with Crippen LogP contribution >= 0.6 is 33.3 Å². The Morgan fingerprint density at radius 1 is 1.55 bits per heavy atom. The lowest BCUT2D eigenvalue weighted by molar-refractivity contribution is -0.150. The molecule has 2 N–H and O–H groups in total. The fourth-order valence-corrected chi connectivity index (χ4v) is 4.38. The quantitative estimate of drug-likeness (QED) is 0.567. The Labute approximate surface area is 128 Å². The summed E-state index contributed by atoms with van der Waals surface area (Å²) in [6.45, 7) is 1.71. The van der Waals surface area contributed by atoms with Crippen LogP contribution in [0, 0.1) is 0 Å². The largest absolute Gasteiger partial charge is 0.477 e. The molecular formula is C11H14N2O4S3. The molecule has 0 aromatic rings. The number of rotatable bonds is 5. The molecule has 1 unspecified atom stereocenters. The van der Waals surface area contributed by atoms with E-state index in [-0.39, 0.29) is 28.6 Å². The number of hydrogen-bond donors (Lipinski definition) is 2. The first-order valence-electron chi connectivity index (χ1n) is 5.80. The zero-order chi connectivity index (χ0) is 14.9. The summed E-state index contributed by atoms with van der Waals surface area (Å²) in [7, 11) is 2.88. The van der Waals surface area contributed by atoms with Crippen molar-refractivity contribution in [3.8, 4) is 0 Å². The average molecular weight is 334 g/mol. The van der Waals surface area contributed by atoms with Gasteiger partial charge in [0.05, 0.1) is 5.75 Å². The summed E-state index contributed by atoms with van der Waals surface area (Å²) in [6.07, 6.45) is 1.87. The first-order chi connectivity index (χ1) is 9.47. The average Bonchev–Trinajstić information content (AvgIpc) is 2.41. The minimum atomic E-state index is -1.09. The second kappa shape index (κ2) is 6.31. The summed E-state index contributed by atoms with van der Waals surface area (Å²) in [4.78, 5) is 36.2. The van der Waals surface area contributed by atoms with Crippen LogP contribution in [-0.2, 0) is 14.4 Å². The van der Waals surface area contributed by atoms with Gasteiger partial charge in [-0.2, -0.15) is 0 Å². The van der Waals surface area contributed by atoms with Crippen molar-refractivity contribution < 1.29 is 19.5 Å². The van der Waals surface area contributed by atoms with Gasteiger partial charge in [0.15, 0.2) is 0 Å². The van der Waals surface area contributed by atoms with E-state index in [9.17, 15) is 19.5 Å². The molecule has 2 aliphatic heterocycles. The molecule has 2 rings (SSSR count). The number of fused-ring (bicyclic) bond motifs is 1. The molecule has 2 heterocycles. The van der Waals surface area contributed by atoms with Crippen LogP contribution in [-0.4, -0.2) is 57.0 Å². The van der Waals surface area contributed by atoms with Gasteiger partial charge < -0.3 is 10.4 Å². The van der Waals surface area contributed by atoms with Crippen LogP contribution in [0.15, 0.2) is 11.3 Å². The lowest BCUT2D eigenvalue weighted by atomic mass is 10.0. The molecule has 1 saturated heterocycles. The minimum absolute atomic E-state index is 0.0581. The fourth-order valence-electron chi connectivity index (χ4n) is 2.10. The maximum atomic E-state index is 12.1. The molecule has 0 bridgehead atoms. The molecule has 2 aliphatic rings. The maximum Gasteiger partial charge on any atom is 0.352 e. The van der Waals surface area contributed by atoms with Crippen molar-refractivity contribution in [3.05, 3.63) is 11.3 Å². The van der Waals surface area contributed by atoms with Crippen molar-refractivity contribution in [1.82, 2.24) is 10.2 Å². The van der Waals surface area contributed by atoms with E-state index >= 15 is 0 Å². The van der Waals surface area contributed by atoms with Gasteiger partial charge in [-0.1, -0.05) is 21.6 Å². The second-order valence-corrected chi connectivity index (χ2v) is 7.99. The molecular weight excluding hydrogens is 320 g/mol. The number of hydrogen-bond acceptors (Lipinski definition) is 6. The molecule has 0 radical (unpaired) electrons. The van der Waals surface area contributed by atoms with Gasteiger partial charge in [-0.25, -0.2) is 4.79 Å². The molecule has 0 aliphatic carbocycles. The molecule has 20 heavy (non-hydrogen) atoms. The Morgan fingerprint density at radius 3 is 2.85 bits per heavy atom. The number of carbonyl (C=O) groups excluding carboxylic acids is 2. The Morgan fingerprint density at radius 2 is 2.25 bits per heavy atom. The standard InChI is InChI=1S/C11H14N2O4S3/c1-5-3-19-10-7(12-6(14)4-20-18-2)9(15)13(10)8(5)11(16)17/h7,10H,3-4H2,1-2H3,(H,12,14)(H,16,17)/t7?,10-/m1/s1. The van der Waals surface area contributed by atoms with Crippen molar-refractivity contribution in [2.45, 2.75) is 18.3 Å². The van der Waals surface area contributed by atoms with E-state index in [2.05, 4.69) is 5.32 Å². The van der Waals surface area contributed by atoms with Crippen LogP contribution in [0.3, 0.4) is 0 Å². The molecule has 2 atom stereocenters. The minimum Gasteiger partial charge on any atom is -0.477 e. The third kappa shape index (κ3) is 2.79. The third-order valence-corrected chi connectivity index (χ3v) is 6.09. The molecule has 0 saturated carbocycles. The molecule has 2 amide bonds. The topological polar surface area (TPSA) is 86.7 Å². The third-order valence-electron chi connectivity index (χ3n) is 2.99. The molecule has 110 valence electrons. The number of carboxylic acid groups (broad SMARTS) is 1. The number of carbonyl (C=O) groups is 3. The monoisotopic (exact) mass is 334 g/mol. The Bertz CT molecular complexity index is 494. The van der Waals surface area contributed by atoms with E-state index < -0.39 is 12.0 Å². The molecule has 1 fully saturated rings. The molecule has 9 heteroatoms. The van der Waals surface area contributed by atoms with Crippen molar-refractivity contribution in [1.29, 1.82) is 0 Å². The normalized spacial score (nSPS) is 25.1. The first-order valence-corrected chi connectivity index (χ1v) is 9.57. The predicted octanol–water partition coefficient (Wildman–Crippen LogP) is 0.756. The van der Waals surface area contributed by atoms with E-state index in [1.807, 2.05) is 6.26 Å². The summed E-state index contributed by atoms with van der Waals surface area (Å²) in [5.41, 5.74) is 0.734. The summed E-state index contributed by atoms with van der Waals surface area (Å²) < 4.78 is 0. The van der Waals surface area contributed by atoms with Gasteiger partial charge in [0.1, 0.15) is 17.1 Å².